The third kappa shape index (κ3) is 4.85. The molecule has 138 valence electrons. The molecule has 0 saturated heterocycles. The van der Waals surface area contributed by atoms with Gasteiger partial charge in [0.2, 0.25) is 0 Å². The van der Waals surface area contributed by atoms with Crippen LogP contribution in [0.1, 0.15) is 35.7 Å². The lowest BCUT2D eigenvalue weighted by molar-refractivity contribution is -0.123. The van der Waals surface area contributed by atoms with Gasteiger partial charge >= 0.3 is 0 Å². The normalized spacial score (nSPS) is 10.6. The van der Waals surface area contributed by atoms with Crippen molar-refractivity contribution in [2.24, 2.45) is 0 Å². The molecule has 0 aliphatic carbocycles. The van der Waals surface area contributed by atoms with E-state index in [1.165, 1.54) is 0 Å². The lowest BCUT2D eigenvalue weighted by atomic mass is 10.0. The van der Waals surface area contributed by atoms with Gasteiger partial charge < -0.3 is 4.74 Å². The highest BCUT2D eigenvalue weighted by Gasteiger charge is 2.09. The first-order valence-electron chi connectivity index (χ1n) is 8.83. The minimum absolute atomic E-state index is 0.190. The molecule has 27 heavy (non-hydrogen) atoms. The molecule has 0 heterocycles. The Hall–Kier alpha value is -3.34. The highest BCUT2D eigenvalue weighted by Crippen LogP contribution is 2.20. The smallest absolute Gasteiger partial charge is 0.276 e. The third-order valence-electron chi connectivity index (χ3n) is 4.25. The van der Waals surface area contributed by atoms with E-state index in [1.807, 2.05) is 54.6 Å². The maximum atomic E-state index is 12.1. The van der Waals surface area contributed by atoms with Crippen molar-refractivity contribution in [3.63, 3.8) is 0 Å². The van der Waals surface area contributed by atoms with Crippen LogP contribution in [-0.4, -0.2) is 18.4 Å². The Kier molecular flexibility index (Phi) is 5.71. The molecule has 3 aromatic rings. The molecule has 0 aliphatic rings. The van der Waals surface area contributed by atoms with Gasteiger partial charge in [0.1, 0.15) is 5.75 Å². The van der Waals surface area contributed by atoms with E-state index in [0.717, 1.165) is 16.3 Å². The van der Waals surface area contributed by atoms with Gasteiger partial charge in [-0.05, 0) is 46.5 Å². The quantitative estimate of drug-likeness (QED) is 0.679. The Labute approximate surface area is 158 Å². The summed E-state index contributed by atoms with van der Waals surface area (Å²) in [5.41, 5.74) is 6.39. The van der Waals surface area contributed by atoms with Crippen LogP contribution in [0.4, 0.5) is 0 Å². The number of rotatable bonds is 5. The molecular weight excluding hydrogens is 340 g/mol. The lowest BCUT2D eigenvalue weighted by Crippen LogP contribution is -2.43. The molecule has 3 aromatic carbocycles. The molecule has 0 bridgehead atoms. The standard InChI is InChI=1S/C22H22N2O3/c1-15(2)16-7-9-18(10-8-16)22(26)24-23-21(25)14-27-20-12-11-17-5-3-4-6-19(17)13-20/h3-13,15H,14H2,1-2H3,(H,23,25)(H,24,26). The van der Waals surface area contributed by atoms with Crippen LogP contribution in [0.5, 0.6) is 5.75 Å². The first kappa shape index (κ1) is 18.5. The lowest BCUT2D eigenvalue weighted by Gasteiger charge is -2.10. The van der Waals surface area contributed by atoms with E-state index in [2.05, 4.69) is 24.7 Å². The number of fused-ring (bicyclic) bond motifs is 1. The van der Waals surface area contributed by atoms with Crippen molar-refractivity contribution in [1.29, 1.82) is 0 Å². The number of nitrogens with one attached hydrogen (secondary N) is 2. The fourth-order valence-electron chi connectivity index (χ4n) is 2.66. The largest absolute Gasteiger partial charge is 0.484 e. The van der Waals surface area contributed by atoms with Gasteiger partial charge in [-0.3, -0.25) is 20.4 Å². The van der Waals surface area contributed by atoms with E-state index in [9.17, 15) is 9.59 Å². The van der Waals surface area contributed by atoms with Crippen LogP contribution in [0.3, 0.4) is 0 Å². The number of carbonyl (C=O) groups excluding carboxylic acids is 2. The Morgan fingerprint density at radius 1 is 0.889 bits per heavy atom. The molecule has 0 saturated carbocycles. The number of hydrogen-bond donors (Lipinski definition) is 2. The van der Waals surface area contributed by atoms with Gasteiger partial charge in [0.05, 0.1) is 0 Å². The second-order valence-corrected chi connectivity index (χ2v) is 6.58. The van der Waals surface area contributed by atoms with Crippen molar-refractivity contribution in [2.75, 3.05) is 6.61 Å². The van der Waals surface area contributed by atoms with Gasteiger partial charge in [-0.1, -0.05) is 56.3 Å². The first-order valence-corrected chi connectivity index (χ1v) is 8.83. The van der Waals surface area contributed by atoms with Crippen molar-refractivity contribution in [2.45, 2.75) is 19.8 Å². The van der Waals surface area contributed by atoms with Crippen molar-refractivity contribution in [3.05, 3.63) is 77.9 Å². The van der Waals surface area contributed by atoms with Crippen molar-refractivity contribution in [3.8, 4) is 5.75 Å². The Morgan fingerprint density at radius 3 is 2.30 bits per heavy atom. The highest BCUT2D eigenvalue weighted by atomic mass is 16.5. The topological polar surface area (TPSA) is 67.4 Å². The predicted octanol–water partition coefficient (Wildman–Crippen LogP) is 3.80. The zero-order chi connectivity index (χ0) is 19.2. The predicted molar refractivity (Wildman–Crippen MR) is 106 cm³/mol. The second kappa shape index (κ2) is 8.36. The average Bonchev–Trinajstić information content (AvgIpc) is 2.70. The summed E-state index contributed by atoms with van der Waals surface area (Å²) in [6.45, 7) is 3.99. The summed E-state index contributed by atoms with van der Waals surface area (Å²) in [6, 6.07) is 20.8. The minimum atomic E-state index is -0.435. The number of ether oxygens (including phenoxy) is 1. The number of hydrazine groups is 1. The van der Waals surface area contributed by atoms with Gasteiger partial charge in [-0.2, -0.15) is 0 Å². The molecule has 0 spiro atoms. The zero-order valence-electron chi connectivity index (χ0n) is 15.4. The molecule has 2 N–H and O–H groups in total. The van der Waals surface area contributed by atoms with Gasteiger partial charge in [-0.25, -0.2) is 0 Å². The molecule has 5 nitrogen and oxygen atoms in total. The fraction of sp³-hybridized carbons (Fsp3) is 0.182. The van der Waals surface area contributed by atoms with Crippen LogP contribution in [0.25, 0.3) is 10.8 Å². The molecule has 3 rings (SSSR count). The Balaban J connectivity index is 1.49. The zero-order valence-corrected chi connectivity index (χ0v) is 15.4. The molecular formula is C22H22N2O3. The molecule has 0 aliphatic heterocycles. The summed E-state index contributed by atoms with van der Waals surface area (Å²) in [7, 11) is 0. The van der Waals surface area contributed by atoms with Crippen LogP contribution in [0, 0.1) is 0 Å². The SMILES string of the molecule is CC(C)c1ccc(C(=O)NNC(=O)COc2ccc3ccccc3c2)cc1. The van der Waals surface area contributed by atoms with Crippen LogP contribution in [-0.2, 0) is 4.79 Å². The molecule has 0 fully saturated rings. The summed E-state index contributed by atoms with van der Waals surface area (Å²) in [6.07, 6.45) is 0. The average molecular weight is 362 g/mol. The van der Waals surface area contributed by atoms with Gasteiger partial charge in [0.25, 0.3) is 11.8 Å². The summed E-state index contributed by atoms with van der Waals surface area (Å²) in [4.78, 5) is 24.0. The number of amides is 2. The Bertz CT molecular complexity index is 949. The summed E-state index contributed by atoms with van der Waals surface area (Å²) >= 11 is 0. The maximum Gasteiger partial charge on any atom is 0.276 e. The summed E-state index contributed by atoms with van der Waals surface area (Å²) in [5.74, 6) is 0.188. The molecule has 0 radical (unpaired) electrons. The first-order chi connectivity index (χ1) is 13.0. The highest BCUT2D eigenvalue weighted by molar-refractivity contribution is 5.95. The van der Waals surface area contributed by atoms with E-state index in [4.69, 9.17) is 4.74 Å². The second-order valence-electron chi connectivity index (χ2n) is 6.58. The van der Waals surface area contributed by atoms with Gasteiger partial charge in [0, 0.05) is 5.56 Å². The van der Waals surface area contributed by atoms with Crippen molar-refractivity contribution in [1.82, 2.24) is 10.9 Å². The van der Waals surface area contributed by atoms with E-state index in [0.29, 0.717) is 17.2 Å². The van der Waals surface area contributed by atoms with Crippen LogP contribution in [0.15, 0.2) is 66.7 Å². The maximum absolute atomic E-state index is 12.1. The van der Waals surface area contributed by atoms with E-state index in [1.54, 1.807) is 12.1 Å². The molecule has 2 amide bonds. The molecule has 5 heteroatoms. The van der Waals surface area contributed by atoms with E-state index >= 15 is 0 Å². The molecule has 0 atom stereocenters. The third-order valence-corrected chi connectivity index (χ3v) is 4.25. The number of carbonyl (C=O) groups is 2. The summed E-state index contributed by atoms with van der Waals surface area (Å²) in [5, 5.41) is 2.14. The summed E-state index contributed by atoms with van der Waals surface area (Å²) < 4.78 is 5.49. The van der Waals surface area contributed by atoms with Gasteiger partial charge in [0.15, 0.2) is 6.61 Å². The van der Waals surface area contributed by atoms with E-state index < -0.39 is 5.91 Å². The van der Waals surface area contributed by atoms with Crippen LogP contribution in [0.2, 0.25) is 0 Å². The van der Waals surface area contributed by atoms with Gasteiger partial charge in [-0.15, -0.1) is 0 Å². The number of benzene rings is 3. The van der Waals surface area contributed by atoms with Crippen molar-refractivity contribution < 1.29 is 14.3 Å². The monoisotopic (exact) mass is 362 g/mol. The van der Waals surface area contributed by atoms with E-state index in [-0.39, 0.29) is 12.5 Å². The Morgan fingerprint density at radius 2 is 1.59 bits per heavy atom. The molecule has 0 unspecified atom stereocenters. The fourth-order valence-corrected chi connectivity index (χ4v) is 2.66. The van der Waals surface area contributed by atoms with Crippen LogP contribution >= 0.6 is 0 Å². The number of hydrogen-bond acceptors (Lipinski definition) is 3. The van der Waals surface area contributed by atoms with Crippen LogP contribution < -0.4 is 15.6 Å². The van der Waals surface area contributed by atoms with Crippen molar-refractivity contribution >= 4 is 22.6 Å². The molecule has 0 aromatic heterocycles. The minimum Gasteiger partial charge on any atom is -0.484 e.